The largest absolute Gasteiger partial charge is 0.361 e. The minimum absolute atomic E-state index is 0.00528. The number of ketones is 1. The molecule has 1 aromatic heterocycles. The number of halogens is 2. The van der Waals surface area contributed by atoms with E-state index in [4.69, 9.17) is 0 Å². The van der Waals surface area contributed by atoms with E-state index in [1.807, 2.05) is 79.0 Å². The fraction of sp³-hybridized carbons (Fsp3) is 0. The number of aromatic nitrogens is 1. The highest BCUT2D eigenvalue weighted by molar-refractivity contribution is 9.10. The van der Waals surface area contributed by atoms with Gasteiger partial charge in [0.05, 0.1) is 4.91 Å². The molecule has 0 radical (unpaired) electrons. The predicted octanol–water partition coefficient (Wildman–Crippen LogP) is 7.71. The van der Waals surface area contributed by atoms with Gasteiger partial charge < -0.3 is 4.98 Å². The molecule has 3 aromatic carbocycles. The molecule has 0 atom stereocenters. The lowest BCUT2D eigenvalue weighted by Gasteiger charge is -2.08. The number of carbonyl (C=O) groups excluding carboxylic acids is 1. The van der Waals surface area contributed by atoms with Crippen molar-refractivity contribution in [3.8, 4) is 0 Å². The Kier molecular flexibility index (Phi) is 5.85. The quantitative estimate of drug-likeness (QED) is 0.169. The first-order valence-electron chi connectivity index (χ1n) is 8.62. The van der Waals surface area contributed by atoms with Crippen LogP contribution < -0.4 is 0 Å². The highest BCUT2D eigenvalue weighted by atomic mass is 79.9. The number of nitrogens with one attached hydrogen (secondary N) is 1. The van der Waals surface area contributed by atoms with Crippen molar-refractivity contribution in [1.29, 1.82) is 0 Å². The van der Waals surface area contributed by atoms with Gasteiger partial charge in [-0.15, -0.1) is 0 Å². The van der Waals surface area contributed by atoms with Crippen LogP contribution in [-0.2, 0) is 0 Å². The second kappa shape index (κ2) is 8.52. The van der Waals surface area contributed by atoms with Crippen LogP contribution >= 0.6 is 43.6 Å². The zero-order valence-electron chi connectivity index (χ0n) is 14.7. The lowest BCUT2D eigenvalue weighted by molar-refractivity contribution is 0.104. The normalized spacial score (nSPS) is 11.7. The van der Waals surface area contributed by atoms with Crippen molar-refractivity contribution >= 4 is 66.4 Å². The number of carbonyl (C=O) groups is 1. The SMILES string of the molecule is O=C(/C(=C\c1c[nH]c2ccccc12)Sc1ccc(Br)cc1)c1ccc(Br)cc1. The van der Waals surface area contributed by atoms with E-state index in [1.54, 1.807) is 0 Å². The number of hydrogen-bond acceptors (Lipinski definition) is 2. The van der Waals surface area contributed by atoms with E-state index >= 15 is 0 Å². The number of Topliss-reactive ketones (excluding diaryl/α,β-unsaturated/α-hetero) is 1. The number of H-pyrrole nitrogens is 1. The number of para-hydroxylation sites is 1. The Labute approximate surface area is 184 Å². The van der Waals surface area contributed by atoms with Gasteiger partial charge in [0.25, 0.3) is 0 Å². The van der Waals surface area contributed by atoms with Gasteiger partial charge in [0.2, 0.25) is 0 Å². The molecule has 0 amide bonds. The Morgan fingerprint density at radius 1 is 0.857 bits per heavy atom. The van der Waals surface area contributed by atoms with Crippen LogP contribution in [0.15, 0.2) is 97.7 Å². The zero-order valence-corrected chi connectivity index (χ0v) is 18.6. The molecule has 0 aliphatic rings. The number of fused-ring (bicyclic) bond motifs is 1. The van der Waals surface area contributed by atoms with Crippen molar-refractivity contribution < 1.29 is 4.79 Å². The minimum Gasteiger partial charge on any atom is -0.361 e. The van der Waals surface area contributed by atoms with Crippen LogP contribution in [0, 0.1) is 0 Å². The Hall–Kier alpha value is -2.08. The molecule has 138 valence electrons. The number of thioether (sulfide) groups is 1. The van der Waals surface area contributed by atoms with Gasteiger partial charge in [0, 0.05) is 42.1 Å². The van der Waals surface area contributed by atoms with E-state index in [0.29, 0.717) is 10.5 Å². The second-order valence-corrected chi connectivity index (χ2v) is 9.14. The number of benzene rings is 3. The monoisotopic (exact) mass is 511 g/mol. The molecule has 1 heterocycles. The van der Waals surface area contributed by atoms with E-state index in [2.05, 4.69) is 42.9 Å². The molecule has 2 nitrogen and oxygen atoms in total. The molecule has 1 N–H and O–H groups in total. The number of rotatable bonds is 5. The minimum atomic E-state index is 0.00528. The average Bonchev–Trinajstić information content (AvgIpc) is 3.12. The molecule has 0 saturated carbocycles. The summed E-state index contributed by atoms with van der Waals surface area (Å²) in [4.78, 5) is 18.2. The molecular weight excluding hydrogens is 498 g/mol. The summed E-state index contributed by atoms with van der Waals surface area (Å²) in [7, 11) is 0. The summed E-state index contributed by atoms with van der Waals surface area (Å²) in [5.74, 6) is 0.00528. The van der Waals surface area contributed by atoms with Crippen molar-refractivity contribution in [3.05, 3.63) is 104 Å². The van der Waals surface area contributed by atoms with Crippen LogP contribution in [-0.4, -0.2) is 10.8 Å². The van der Waals surface area contributed by atoms with Gasteiger partial charge in [-0.25, -0.2) is 0 Å². The van der Waals surface area contributed by atoms with Gasteiger partial charge in [0.1, 0.15) is 0 Å². The summed E-state index contributed by atoms with van der Waals surface area (Å²) < 4.78 is 1.96. The summed E-state index contributed by atoms with van der Waals surface area (Å²) in [6.45, 7) is 0. The van der Waals surface area contributed by atoms with Crippen LogP contribution in [0.4, 0.5) is 0 Å². The lowest BCUT2D eigenvalue weighted by Crippen LogP contribution is -2.00. The number of allylic oxidation sites excluding steroid dienone is 1. The van der Waals surface area contributed by atoms with Crippen molar-refractivity contribution in [3.63, 3.8) is 0 Å². The molecule has 5 heteroatoms. The first-order valence-corrected chi connectivity index (χ1v) is 11.0. The molecule has 0 unspecified atom stereocenters. The van der Waals surface area contributed by atoms with Crippen LogP contribution in [0.5, 0.6) is 0 Å². The second-order valence-electron chi connectivity index (χ2n) is 6.19. The first-order chi connectivity index (χ1) is 13.6. The third-order valence-electron chi connectivity index (χ3n) is 4.28. The third-order valence-corrected chi connectivity index (χ3v) is 6.37. The van der Waals surface area contributed by atoms with Gasteiger partial charge >= 0.3 is 0 Å². The molecule has 0 saturated heterocycles. The van der Waals surface area contributed by atoms with E-state index in [-0.39, 0.29) is 5.78 Å². The van der Waals surface area contributed by atoms with Crippen molar-refractivity contribution in [2.45, 2.75) is 4.90 Å². The molecular formula is C23H15Br2NOS. The van der Waals surface area contributed by atoms with Gasteiger partial charge in [-0.3, -0.25) is 4.79 Å². The van der Waals surface area contributed by atoms with Gasteiger partial charge in [0.15, 0.2) is 5.78 Å². The summed E-state index contributed by atoms with van der Waals surface area (Å²) in [6.07, 6.45) is 3.91. The Morgan fingerprint density at radius 2 is 1.50 bits per heavy atom. The van der Waals surface area contributed by atoms with Gasteiger partial charge in [-0.2, -0.15) is 0 Å². The van der Waals surface area contributed by atoms with Crippen molar-refractivity contribution in [2.24, 2.45) is 0 Å². The maximum atomic E-state index is 13.3. The maximum Gasteiger partial charge on any atom is 0.199 e. The molecule has 0 bridgehead atoms. The lowest BCUT2D eigenvalue weighted by atomic mass is 10.1. The summed E-state index contributed by atoms with van der Waals surface area (Å²) in [5.41, 5.74) is 2.72. The molecule has 0 aliphatic carbocycles. The van der Waals surface area contributed by atoms with Crippen molar-refractivity contribution in [1.82, 2.24) is 4.98 Å². The molecule has 4 rings (SSSR count). The molecule has 4 aromatic rings. The van der Waals surface area contributed by atoms with Gasteiger partial charge in [-0.05, 0) is 60.7 Å². The standard InChI is InChI=1S/C23H15Br2NOS/c24-17-7-5-15(6-8-17)23(27)22(28-19-11-9-18(25)10-12-19)13-16-14-26-21-4-2-1-3-20(16)21/h1-14,26H/b22-13+. The molecule has 0 fully saturated rings. The molecule has 0 spiro atoms. The van der Waals surface area contributed by atoms with Crippen LogP contribution in [0.3, 0.4) is 0 Å². The fourth-order valence-corrected chi connectivity index (χ4v) is 4.32. The summed E-state index contributed by atoms with van der Waals surface area (Å²) in [6, 6.07) is 23.5. The summed E-state index contributed by atoms with van der Waals surface area (Å²) in [5, 5.41) is 1.10. The Bertz CT molecular complexity index is 1160. The third kappa shape index (κ3) is 4.32. The highest BCUT2D eigenvalue weighted by Gasteiger charge is 2.15. The van der Waals surface area contributed by atoms with Crippen molar-refractivity contribution in [2.75, 3.05) is 0 Å². The molecule has 28 heavy (non-hydrogen) atoms. The van der Waals surface area contributed by atoms with E-state index in [0.717, 1.165) is 30.3 Å². The van der Waals surface area contributed by atoms with Crippen LogP contribution in [0.2, 0.25) is 0 Å². The molecule has 0 aliphatic heterocycles. The van der Waals surface area contributed by atoms with E-state index in [9.17, 15) is 4.79 Å². The Morgan fingerprint density at radius 3 is 2.21 bits per heavy atom. The van der Waals surface area contributed by atoms with Gasteiger partial charge in [-0.1, -0.05) is 61.8 Å². The fourth-order valence-electron chi connectivity index (χ4n) is 2.87. The average molecular weight is 513 g/mol. The van der Waals surface area contributed by atoms with E-state index < -0.39 is 0 Å². The Balaban J connectivity index is 1.77. The van der Waals surface area contributed by atoms with Crippen LogP contribution in [0.1, 0.15) is 15.9 Å². The maximum absolute atomic E-state index is 13.3. The van der Waals surface area contributed by atoms with E-state index in [1.165, 1.54) is 11.8 Å². The number of hydrogen-bond donors (Lipinski definition) is 1. The topological polar surface area (TPSA) is 32.9 Å². The van der Waals surface area contributed by atoms with Crippen LogP contribution in [0.25, 0.3) is 17.0 Å². The number of aromatic amines is 1. The highest BCUT2D eigenvalue weighted by Crippen LogP contribution is 2.33. The predicted molar refractivity (Wildman–Crippen MR) is 125 cm³/mol. The first kappa shape index (κ1) is 19.2. The smallest absolute Gasteiger partial charge is 0.199 e. The summed E-state index contributed by atoms with van der Waals surface area (Å²) >= 11 is 8.37. The zero-order chi connectivity index (χ0) is 19.5.